The zero-order valence-corrected chi connectivity index (χ0v) is 12.8. The van der Waals surface area contributed by atoms with Crippen molar-refractivity contribution >= 4 is 32.6 Å². The van der Waals surface area contributed by atoms with Crippen LogP contribution in [0.15, 0.2) is 18.2 Å². The molecule has 21 heavy (non-hydrogen) atoms. The lowest BCUT2D eigenvalue weighted by Gasteiger charge is -2.31. The Morgan fingerprint density at radius 3 is 3.19 bits per heavy atom. The lowest BCUT2D eigenvalue weighted by Crippen LogP contribution is -2.49. The van der Waals surface area contributed by atoms with Crippen molar-refractivity contribution in [3.63, 3.8) is 0 Å². The highest BCUT2D eigenvalue weighted by Crippen LogP contribution is 2.32. The number of anilines is 1. The SMILES string of the molecule is CNC(=O)C1CN(c2nc3ccc(OC)cc3s2)CCO1. The van der Waals surface area contributed by atoms with Crippen LogP contribution in [0.1, 0.15) is 0 Å². The second kappa shape index (κ2) is 5.87. The van der Waals surface area contributed by atoms with Gasteiger partial charge in [0.15, 0.2) is 11.2 Å². The standard InChI is InChI=1S/C14H17N3O3S/c1-15-13(18)11-8-17(5-6-20-11)14-16-10-4-3-9(19-2)7-12(10)21-14/h3-4,7,11H,5-6,8H2,1-2H3,(H,15,18). The quantitative estimate of drug-likeness (QED) is 0.925. The van der Waals surface area contributed by atoms with Crippen molar-refractivity contribution < 1.29 is 14.3 Å². The highest BCUT2D eigenvalue weighted by Gasteiger charge is 2.27. The van der Waals surface area contributed by atoms with Gasteiger partial charge in [-0.3, -0.25) is 4.79 Å². The van der Waals surface area contributed by atoms with Crippen LogP contribution in [-0.2, 0) is 9.53 Å². The number of likely N-dealkylation sites (N-methyl/N-ethyl adjacent to an activating group) is 1. The zero-order chi connectivity index (χ0) is 14.8. The molecule has 2 aromatic rings. The second-order valence-corrected chi connectivity index (χ2v) is 5.76. The van der Waals surface area contributed by atoms with Crippen LogP contribution in [0.4, 0.5) is 5.13 Å². The van der Waals surface area contributed by atoms with Crippen LogP contribution in [0, 0.1) is 0 Å². The molecule has 1 saturated heterocycles. The van der Waals surface area contributed by atoms with Crippen molar-refractivity contribution in [2.75, 3.05) is 38.8 Å². The van der Waals surface area contributed by atoms with E-state index in [0.717, 1.165) is 27.6 Å². The van der Waals surface area contributed by atoms with E-state index in [1.54, 1.807) is 25.5 Å². The third kappa shape index (κ3) is 2.79. The van der Waals surface area contributed by atoms with E-state index < -0.39 is 6.10 Å². The minimum Gasteiger partial charge on any atom is -0.497 e. The molecule has 1 amide bonds. The molecule has 6 nitrogen and oxygen atoms in total. The number of fused-ring (bicyclic) bond motifs is 1. The lowest BCUT2D eigenvalue weighted by atomic mass is 10.2. The summed E-state index contributed by atoms with van der Waals surface area (Å²) in [5.74, 6) is 0.727. The molecule has 0 radical (unpaired) electrons. The number of ether oxygens (including phenoxy) is 2. The maximum Gasteiger partial charge on any atom is 0.250 e. The average Bonchev–Trinajstić information content (AvgIpc) is 2.97. The van der Waals surface area contributed by atoms with Gasteiger partial charge in [0, 0.05) is 13.6 Å². The van der Waals surface area contributed by atoms with Crippen LogP contribution in [0.5, 0.6) is 5.75 Å². The number of benzene rings is 1. The average molecular weight is 307 g/mol. The fourth-order valence-electron chi connectivity index (χ4n) is 2.30. The van der Waals surface area contributed by atoms with E-state index in [0.29, 0.717) is 13.2 Å². The molecule has 1 N–H and O–H groups in total. The van der Waals surface area contributed by atoms with Crippen molar-refractivity contribution in [3.05, 3.63) is 18.2 Å². The first-order chi connectivity index (χ1) is 10.2. The van der Waals surface area contributed by atoms with Gasteiger partial charge in [-0.2, -0.15) is 0 Å². The summed E-state index contributed by atoms with van der Waals surface area (Å²) < 4.78 is 11.8. The first-order valence-electron chi connectivity index (χ1n) is 6.74. The molecule has 1 unspecified atom stereocenters. The molecule has 1 aromatic carbocycles. The molecule has 1 atom stereocenters. The van der Waals surface area contributed by atoms with Crippen molar-refractivity contribution in [1.29, 1.82) is 0 Å². The monoisotopic (exact) mass is 307 g/mol. The fourth-order valence-corrected chi connectivity index (χ4v) is 3.33. The van der Waals surface area contributed by atoms with Crippen LogP contribution in [0.2, 0.25) is 0 Å². The number of morpholine rings is 1. The molecule has 7 heteroatoms. The van der Waals surface area contributed by atoms with E-state index >= 15 is 0 Å². The van der Waals surface area contributed by atoms with E-state index in [2.05, 4.69) is 15.2 Å². The van der Waals surface area contributed by atoms with Gasteiger partial charge >= 0.3 is 0 Å². The molecule has 112 valence electrons. The summed E-state index contributed by atoms with van der Waals surface area (Å²) in [6, 6.07) is 5.83. The molecular formula is C14H17N3O3S. The van der Waals surface area contributed by atoms with Crippen LogP contribution in [0.3, 0.4) is 0 Å². The molecule has 1 fully saturated rings. The number of thiazole rings is 1. The van der Waals surface area contributed by atoms with Gasteiger partial charge in [0.25, 0.3) is 5.91 Å². The molecular weight excluding hydrogens is 290 g/mol. The Morgan fingerprint density at radius 1 is 1.57 bits per heavy atom. The zero-order valence-electron chi connectivity index (χ0n) is 12.0. The Hall–Kier alpha value is -1.86. The normalized spacial score (nSPS) is 18.8. The van der Waals surface area contributed by atoms with Gasteiger partial charge < -0.3 is 19.7 Å². The Bertz CT molecular complexity index is 658. The predicted molar refractivity (Wildman–Crippen MR) is 82.2 cm³/mol. The highest BCUT2D eigenvalue weighted by atomic mass is 32.1. The minimum absolute atomic E-state index is 0.0949. The van der Waals surface area contributed by atoms with E-state index in [9.17, 15) is 4.79 Å². The highest BCUT2D eigenvalue weighted by molar-refractivity contribution is 7.22. The topological polar surface area (TPSA) is 63.7 Å². The lowest BCUT2D eigenvalue weighted by molar-refractivity contribution is -0.132. The molecule has 0 bridgehead atoms. The maximum atomic E-state index is 11.7. The molecule has 1 aliphatic heterocycles. The third-order valence-corrected chi connectivity index (χ3v) is 4.54. The van der Waals surface area contributed by atoms with Crippen molar-refractivity contribution in [3.8, 4) is 5.75 Å². The van der Waals surface area contributed by atoms with E-state index in [1.165, 1.54) is 0 Å². The molecule has 1 aliphatic rings. The molecule has 0 spiro atoms. The first-order valence-corrected chi connectivity index (χ1v) is 7.55. The fraction of sp³-hybridized carbons (Fsp3) is 0.429. The largest absolute Gasteiger partial charge is 0.497 e. The Balaban J connectivity index is 1.84. The van der Waals surface area contributed by atoms with Crippen molar-refractivity contribution in [2.45, 2.75) is 6.10 Å². The number of carbonyl (C=O) groups excluding carboxylic acids is 1. The number of nitrogens with zero attached hydrogens (tertiary/aromatic N) is 2. The molecule has 0 saturated carbocycles. The summed E-state index contributed by atoms with van der Waals surface area (Å²) >= 11 is 1.60. The van der Waals surface area contributed by atoms with Crippen molar-refractivity contribution in [2.24, 2.45) is 0 Å². The third-order valence-electron chi connectivity index (χ3n) is 3.46. The van der Waals surface area contributed by atoms with E-state index in [-0.39, 0.29) is 5.91 Å². The van der Waals surface area contributed by atoms with Gasteiger partial charge in [-0.05, 0) is 18.2 Å². The number of carbonyl (C=O) groups is 1. The minimum atomic E-state index is -0.440. The summed E-state index contributed by atoms with van der Waals surface area (Å²) in [4.78, 5) is 18.4. The number of aromatic nitrogens is 1. The van der Waals surface area contributed by atoms with Gasteiger partial charge in [0.05, 0.1) is 30.5 Å². The van der Waals surface area contributed by atoms with Gasteiger partial charge in [0.2, 0.25) is 0 Å². The molecule has 0 aliphatic carbocycles. The molecule has 2 heterocycles. The van der Waals surface area contributed by atoms with Crippen LogP contribution in [-0.4, -0.2) is 50.8 Å². The predicted octanol–water partition coefficient (Wildman–Crippen LogP) is 1.26. The Labute approximate surface area is 126 Å². The second-order valence-electron chi connectivity index (χ2n) is 4.75. The van der Waals surface area contributed by atoms with Crippen molar-refractivity contribution in [1.82, 2.24) is 10.3 Å². The summed E-state index contributed by atoms with van der Waals surface area (Å²) in [5.41, 5.74) is 0.943. The van der Waals surface area contributed by atoms with Gasteiger partial charge in [-0.15, -0.1) is 0 Å². The van der Waals surface area contributed by atoms with Gasteiger partial charge in [-0.1, -0.05) is 11.3 Å². The first kappa shape index (κ1) is 14.1. The van der Waals surface area contributed by atoms with E-state index in [1.807, 2.05) is 18.2 Å². The molecule has 1 aromatic heterocycles. The number of amides is 1. The van der Waals surface area contributed by atoms with Crippen LogP contribution >= 0.6 is 11.3 Å². The number of rotatable bonds is 3. The summed E-state index contributed by atoms with van der Waals surface area (Å²) in [6.07, 6.45) is -0.440. The van der Waals surface area contributed by atoms with Crippen LogP contribution in [0.25, 0.3) is 10.2 Å². The number of hydrogen-bond acceptors (Lipinski definition) is 6. The Kier molecular flexibility index (Phi) is 3.94. The van der Waals surface area contributed by atoms with Crippen LogP contribution < -0.4 is 15.0 Å². The molecule has 3 rings (SSSR count). The van der Waals surface area contributed by atoms with Gasteiger partial charge in [-0.25, -0.2) is 4.98 Å². The smallest absolute Gasteiger partial charge is 0.250 e. The van der Waals surface area contributed by atoms with E-state index in [4.69, 9.17) is 9.47 Å². The summed E-state index contributed by atoms with van der Waals surface area (Å²) in [6.45, 7) is 1.79. The number of methoxy groups -OCH3 is 1. The van der Waals surface area contributed by atoms with Gasteiger partial charge in [0.1, 0.15) is 5.75 Å². The number of hydrogen-bond donors (Lipinski definition) is 1. The summed E-state index contributed by atoms with van der Waals surface area (Å²) in [7, 11) is 3.27. The summed E-state index contributed by atoms with van der Waals surface area (Å²) in [5, 5.41) is 3.54. The number of nitrogens with one attached hydrogen (secondary N) is 1. The maximum absolute atomic E-state index is 11.7. The Morgan fingerprint density at radius 2 is 2.43 bits per heavy atom.